The lowest BCUT2D eigenvalue weighted by Crippen LogP contribution is -2.47. The van der Waals surface area contributed by atoms with Gasteiger partial charge >= 0.3 is 0 Å². The zero-order chi connectivity index (χ0) is 14.6. The van der Waals surface area contributed by atoms with Gasteiger partial charge in [-0.25, -0.2) is 8.78 Å². The number of alkyl halides is 2. The SMILES string of the molecule is C#CCCC1(CCC(=O)N2CCCC[C@H]2C(F)F)N=N1. The van der Waals surface area contributed by atoms with E-state index in [0.717, 1.165) is 12.8 Å². The van der Waals surface area contributed by atoms with Gasteiger partial charge in [-0.15, -0.1) is 12.3 Å². The molecule has 1 amide bonds. The fourth-order valence-electron chi connectivity index (χ4n) is 2.65. The third-order valence-electron chi connectivity index (χ3n) is 3.95. The summed E-state index contributed by atoms with van der Waals surface area (Å²) in [4.78, 5) is 13.5. The number of carbonyl (C=O) groups is 1. The van der Waals surface area contributed by atoms with Crippen LogP contribution in [0.15, 0.2) is 10.2 Å². The van der Waals surface area contributed by atoms with E-state index in [2.05, 4.69) is 16.1 Å². The van der Waals surface area contributed by atoms with Gasteiger partial charge in [0.15, 0.2) is 5.66 Å². The predicted octanol–water partition coefficient (Wildman–Crippen LogP) is 2.99. The zero-order valence-electron chi connectivity index (χ0n) is 11.4. The average molecular weight is 283 g/mol. The molecule has 1 saturated heterocycles. The van der Waals surface area contributed by atoms with E-state index in [0.29, 0.717) is 32.2 Å². The maximum Gasteiger partial charge on any atom is 0.258 e. The molecule has 20 heavy (non-hydrogen) atoms. The molecular formula is C14H19F2N3O. The molecule has 2 aliphatic heterocycles. The van der Waals surface area contributed by atoms with Gasteiger partial charge in [0.05, 0.1) is 6.04 Å². The van der Waals surface area contributed by atoms with Crippen molar-refractivity contribution in [3.63, 3.8) is 0 Å². The van der Waals surface area contributed by atoms with Gasteiger partial charge in [0.2, 0.25) is 5.91 Å². The molecular weight excluding hydrogens is 264 g/mol. The third-order valence-corrected chi connectivity index (χ3v) is 3.95. The highest BCUT2D eigenvalue weighted by atomic mass is 19.3. The Morgan fingerprint density at radius 3 is 2.75 bits per heavy atom. The highest BCUT2D eigenvalue weighted by Crippen LogP contribution is 2.38. The molecule has 110 valence electrons. The van der Waals surface area contributed by atoms with Crippen LogP contribution in [0.5, 0.6) is 0 Å². The first kappa shape index (κ1) is 14.9. The lowest BCUT2D eigenvalue weighted by atomic mass is 9.99. The van der Waals surface area contributed by atoms with E-state index in [-0.39, 0.29) is 12.3 Å². The number of halogens is 2. The number of hydrogen-bond donors (Lipinski definition) is 0. The zero-order valence-corrected chi connectivity index (χ0v) is 11.4. The largest absolute Gasteiger partial charge is 0.334 e. The van der Waals surface area contributed by atoms with Crippen molar-refractivity contribution >= 4 is 5.91 Å². The number of rotatable bonds is 6. The molecule has 2 rings (SSSR count). The molecule has 4 nitrogen and oxygen atoms in total. The fourth-order valence-corrected chi connectivity index (χ4v) is 2.65. The predicted molar refractivity (Wildman–Crippen MR) is 70.2 cm³/mol. The summed E-state index contributed by atoms with van der Waals surface area (Å²) in [6.45, 7) is 0.430. The van der Waals surface area contributed by atoms with Gasteiger partial charge in [-0.2, -0.15) is 10.2 Å². The normalized spacial score (nSPS) is 23.7. The molecule has 0 N–H and O–H groups in total. The molecule has 0 aromatic heterocycles. The Morgan fingerprint density at radius 2 is 2.15 bits per heavy atom. The van der Waals surface area contributed by atoms with Gasteiger partial charge < -0.3 is 4.90 Å². The molecule has 1 fully saturated rings. The number of hydrogen-bond acceptors (Lipinski definition) is 3. The number of amides is 1. The standard InChI is InChI=1S/C14H19F2N3O/c1-2-3-8-14(17-18-14)9-7-12(20)19-10-5-4-6-11(19)13(15)16/h1,11,13H,3-10H2/t11-/m0/s1. The summed E-state index contributed by atoms with van der Waals surface area (Å²) in [6.07, 6.45) is 6.55. The van der Waals surface area contributed by atoms with Gasteiger partial charge in [-0.05, 0) is 19.3 Å². The van der Waals surface area contributed by atoms with E-state index in [1.165, 1.54) is 4.90 Å². The topological polar surface area (TPSA) is 45.0 Å². The van der Waals surface area contributed by atoms with Crippen LogP contribution in [0.3, 0.4) is 0 Å². The Labute approximate surface area is 117 Å². The molecule has 0 saturated carbocycles. The van der Waals surface area contributed by atoms with Crippen molar-refractivity contribution < 1.29 is 13.6 Å². The van der Waals surface area contributed by atoms with Crippen molar-refractivity contribution in [3.8, 4) is 12.3 Å². The average Bonchev–Trinajstić information content (AvgIpc) is 3.23. The Kier molecular flexibility index (Phi) is 4.69. The van der Waals surface area contributed by atoms with E-state index >= 15 is 0 Å². The highest BCUT2D eigenvalue weighted by Gasteiger charge is 2.40. The van der Waals surface area contributed by atoms with Crippen LogP contribution in [0, 0.1) is 12.3 Å². The Morgan fingerprint density at radius 1 is 1.40 bits per heavy atom. The highest BCUT2D eigenvalue weighted by molar-refractivity contribution is 5.76. The molecule has 0 radical (unpaired) electrons. The number of nitrogens with zero attached hydrogens (tertiary/aromatic N) is 3. The quantitative estimate of drug-likeness (QED) is 0.691. The summed E-state index contributed by atoms with van der Waals surface area (Å²) in [5.74, 6) is 2.31. The van der Waals surface area contributed by atoms with Crippen LogP contribution in [-0.2, 0) is 4.79 Å². The molecule has 0 spiro atoms. The molecule has 0 bridgehead atoms. The monoisotopic (exact) mass is 283 g/mol. The van der Waals surface area contributed by atoms with Crippen molar-refractivity contribution in [2.75, 3.05) is 6.54 Å². The van der Waals surface area contributed by atoms with Gasteiger partial charge in [-0.3, -0.25) is 4.79 Å². The Hall–Kier alpha value is -1.51. The van der Waals surface area contributed by atoms with Crippen molar-refractivity contribution in [2.24, 2.45) is 10.2 Å². The van der Waals surface area contributed by atoms with Crippen LogP contribution in [0.4, 0.5) is 8.78 Å². The van der Waals surface area contributed by atoms with Crippen LogP contribution in [0.25, 0.3) is 0 Å². The van der Waals surface area contributed by atoms with Crippen LogP contribution in [-0.4, -0.2) is 35.5 Å². The summed E-state index contributed by atoms with van der Waals surface area (Å²) < 4.78 is 25.9. The van der Waals surface area contributed by atoms with E-state index in [1.807, 2.05) is 0 Å². The second-order valence-electron chi connectivity index (χ2n) is 5.37. The molecule has 0 unspecified atom stereocenters. The molecule has 1 atom stereocenters. The Balaban J connectivity index is 1.83. The van der Waals surface area contributed by atoms with Crippen LogP contribution < -0.4 is 0 Å². The van der Waals surface area contributed by atoms with E-state index in [1.54, 1.807) is 0 Å². The van der Waals surface area contributed by atoms with E-state index < -0.39 is 18.1 Å². The van der Waals surface area contributed by atoms with Crippen molar-refractivity contribution in [2.45, 2.75) is 63.1 Å². The van der Waals surface area contributed by atoms with Gasteiger partial charge in [0.25, 0.3) is 6.43 Å². The maximum absolute atomic E-state index is 12.9. The van der Waals surface area contributed by atoms with Gasteiger partial charge in [0.1, 0.15) is 0 Å². The lowest BCUT2D eigenvalue weighted by molar-refractivity contribution is -0.139. The fraction of sp³-hybridized carbons (Fsp3) is 0.786. The van der Waals surface area contributed by atoms with Crippen LogP contribution in [0.2, 0.25) is 0 Å². The second-order valence-corrected chi connectivity index (χ2v) is 5.37. The van der Waals surface area contributed by atoms with Crippen LogP contribution >= 0.6 is 0 Å². The minimum Gasteiger partial charge on any atom is -0.334 e. The molecule has 2 heterocycles. The summed E-state index contributed by atoms with van der Waals surface area (Å²) in [5.41, 5.74) is -0.516. The van der Waals surface area contributed by atoms with Crippen molar-refractivity contribution in [1.82, 2.24) is 4.90 Å². The van der Waals surface area contributed by atoms with Gasteiger partial charge in [-0.1, -0.05) is 0 Å². The minimum atomic E-state index is -2.47. The first-order valence-corrected chi connectivity index (χ1v) is 7.03. The summed E-state index contributed by atoms with van der Waals surface area (Å²) >= 11 is 0. The summed E-state index contributed by atoms with van der Waals surface area (Å²) in [7, 11) is 0. The van der Waals surface area contributed by atoms with Crippen molar-refractivity contribution in [1.29, 1.82) is 0 Å². The lowest BCUT2D eigenvalue weighted by Gasteiger charge is -2.35. The van der Waals surface area contributed by atoms with E-state index in [4.69, 9.17) is 6.42 Å². The smallest absolute Gasteiger partial charge is 0.258 e. The number of likely N-dealkylation sites (tertiary alicyclic amines) is 1. The molecule has 0 aliphatic carbocycles. The summed E-state index contributed by atoms with van der Waals surface area (Å²) in [5, 5.41) is 7.91. The first-order valence-electron chi connectivity index (χ1n) is 7.03. The van der Waals surface area contributed by atoms with Crippen LogP contribution in [0.1, 0.15) is 44.9 Å². The molecule has 0 aromatic carbocycles. The maximum atomic E-state index is 12.9. The van der Waals surface area contributed by atoms with E-state index in [9.17, 15) is 13.6 Å². The number of carbonyl (C=O) groups excluding carboxylic acids is 1. The molecule has 2 aliphatic rings. The molecule has 0 aromatic rings. The first-order chi connectivity index (χ1) is 9.58. The Bertz CT molecular complexity index is 425. The summed E-state index contributed by atoms with van der Waals surface area (Å²) in [6, 6.07) is -0.925. The third kappa shape index (κ3) is 3.53. The van der Waals surface area contributed by atoms with Gasteiger partial charge in [0, 0.05) is 32.2 Å². The number of terminal acetylenes is 1. The minimum absolute atomic E-state index is 0.209. The second kappa shape index (κ2) is 6.29. The number of piperidine rings is 1. The molecule has 6 heteroatoms. The van der Waals surface area contributed by atoms with Crippen molar-refractivity contribution in [3.05, 3.63) is 0 Å².